The van der Waals surface area contributed by atoms with Crippen LogP contribution in [0.4, 0.5) is 0 Å². The SMILES string of the molecule is Cc1cccc(OCC(C(=O)O)C2CCN(C)CC2)c1. The fraction of sp³-hybridized carbons (Fsp3) is 0.562. The molecule has 0 aromatic heterocycles. The minimum Gasteiger partial charge on any atom is -0.493 e. The molecule has 0 aliphatic carbocycles. The second-order valence-corrected chi connectivity index (χ2v) is 5.71. The van der Waals surface area contributed by atoms with Gasteiger partial charge < -0.3 is 14.7 Å². The molecule has 1 fully saturated rings. The third kappa shape index (κ3) is 3.97. The van der Waals surface area contributed by atoms with Gasteiger partial charge in [0.1, 0.15) is 12.4 Å². The maximum atomic E-state index is 11.5. The van der Waals surface area contributed by atoms with E-state index in [2.05, 4.69) is 11.9 Å². The molecule has 0 bridgehead atoms. The Morgan fingerprint density at radius 3 is 2.75 bits per heavy atom. The van der Waals surface area contributed by atoms with Gasteiger partial charge in [-0.2, -0.15) is 0 Å². The van der Waals surface area contributed by atoms with E-state index in [4.69, 9.17) is 4.74 Å². The van der Waals surface area contributed by atoms with Gasteiger partial charge >= 0.3 is 5.97 Å². The summed E-state index contributed by atoms with van der Waals surface area (Å²) < 4.78 is 5.70. The van der Waals surface area contributed by atoms with Crippen LogP contribution in [0.15, 0.2) is 24.3 Å². The summed E-state index contributed by atoms with van der Waals surface area (Å²) in [5.74, 6) is -0.186. The lowest BCUT2D eigenvalue weighted by molar-refractivity contribution is -0.145. The highest BCUT2D eigenvalue weighted by Gasteiger charge is 2.31. The van der Waals surface area contributed by atoms with E-state index < -0.39 is 11.9 Å². The standard InChI is InChI=1S/C16H23NO3/c1-12-4-3-5-14(10-12)20-11-15(16(18)19)13-6-8-17(2)9-7-13/h3-5,10,13,15H,6-9,11H2,1-2H3,(H,18,19). The summed E-state index contributed by atoms with van der Waals surface area (Å²) in [5.41, 5.74) is 1.12. The third-order valence-electron chi connectivity index (χ3n) is 4.07. The number of aryl methyl sites for hydroxylation is 1. The Bertz CT molecular complexity index is 453. The zero-order valence-corrected chi connectivity index (χ0v) is 12.2. The average Bonchev–Trinajstić information content (AvgIpc) is 2.41. The molecule has 0 saturated carbocycles. The number of nitrogens with zero attached hydrogens (tertiary/aromatic N) is 1. The highest BCUT2D eigenvalue weighted by Crippen LogP contribution is 2.26. The van der Waals surface area contributed by atoms with Crippen LogP contribution >= 0.6 is 0 Å². The Labute approximate surface area is 120 Å². The molecule has 4 nitrogen and oxygen atoms in total. The second-order valence-electron chi connectivity index (χ2n) is 5.71. The van der Waals surface area contributed by atoms with Gasteiger partial charge in [0, 0.05) is 0 Å². The number of piperidine rings is 1. The molecule has 0 amide bonds. The van der Waals surface area contributed by atoms with Crippen LogP contribution in [-0.4, -0.2) is 42.7 Å². The highest BCUT2D eigenvalue weighted by atomic mass is 16.5. The summed E-state index contributed by atoms with van der Waals surface area (Å²) in [4.78, 5) is 13.7. The van der Waals surface area contributed by atoms with Crippen molar-refractivity contribution in [1.29, 1.82) is 0 Å². The number of likely N-dealkylation sites (tertiary alicyclic amines) is 1. The van der Waals surface area contributed by atoms with Crippen molar-refractivity contribution in [3.8, 4) is 5.75 Å². The number of carboxylic acid groups (broad SMARTS) is 1. The summed E-state index contributed by atoms with van der Waals surface area (Å²) >= 11 is 0. The van der Waals surface area contributed by atoms with Crippen molar-refractivity contribution in [3.05, 3.63) is 29.8 Å². The average molecular weight is 277 g/mol. The van der Waals surface area contributed by atoms with E-state index in [1.807, 2.05) is 31.2 Å². The molecule has 1 unspecified atom stereocenters. The number of ether oxygens (including phenoxy) is 1. The van der Waals surface area contributed by atoms with Crippen molar-refractivity contribution < 1.29 is 14.6 Å². The van der Waals surface area contributed by atoms with Crippen molar-refractivity contribution in [3.63, 3.8) is 0 Å². The number of hydrogen-bond donors (Lipinski definition) is 1. The van der Waals surface area contributed by atoms with Crippen LogP contribution in [0.2, 0.25) is 0 Å². The quantitative estimate of drug-likeness (QED) is 0.898. The summed E-state index contributed by atoms with van der Waals surface area (Å²) in [7, 11) is 2.08. The summed E-state index contributed by atoms with van der Waals surface area (Å²) in [6.45, 7) is 4.20. The van der Waals surface area contributed by atoms with E-state index in [1.165, 1.54) is 0 Å². The van der Waals surface area contributed by atoms with Gasteiger partial charge in [0.25, 0.3) is 0 Å². The molecule has 4 heteroatoms. The molecule has 20 heavy (non-hydrogen) atoms. The summed E-state index contributed by atoms with van der Waals surface area (Å²) in [5, 5.41) is 9.43. The first-order valence-electron chi connectivity index (χ1n) is 7.17. The van der Waals surface area contributed by atoms with E-state index in [1.54, 1.807) is 0 Å². The van der Waals surface area contributed by atoms with Crippen molar-refractivity contribution in [2.75, 3.05) is 26.7 Å². The van der Waals surface area contributed by atoms with Gasteiger partial charge in [-0.25, -0.2) is 0 Å². The van der Waals surface area contributed by atoms with Crippen LogP contribution in [-0.2, 0) is 4.79 Å². The van der Waals surface area contributed by atoms with E-state index in [0.29, 0.717) is 0 Å². The number of rotatable bonds is 5. The van der Waals surface area contributed by atoms with Gasteiger partial charge in [-0.15, -0.1) is 0 Å². The van der Waals surface area contributed by atoms with Gasteiger partial charge in [0.15, 0.2) is 0 Å². The highest BCUT2D eigenvalue weighted by molar-refractivity contribution is 5.70. The zero-order chi connectivity index (χ0) is 14.5. The lowest BCUT2D eigenvalue weighted by atomic mass is 9.85. The predicted molar refractivity (Wildman–Crippen MR) is 78.0 cm³/mol. The van der Waals surface area contributed by atoms with Crippen molar-refractivity contribution in [1.82, 2.24) is 4.90 Å². The summed E-state index contributed by atoms with van der Waals surface area (Å²) in [6, 6.07) is 7.74. The number of hydrogen-bond acceptors (Lipinski definition) is 3. The fourth-order valence-corrected chi connectivity index (χ4v) is 2.73. The van der Waals surface area contributed by atoms with Gasteiger partial charge in [-0.05, 0) is 63.5 Å². The van der Waals surface area contributed by atoms with Crippen LogP contribution in [0.5, 0.6) is 5.75 Å². The van der Waals surface area contributed by atoms with Crippen molar-refractivity contribution >= 4 is 5.97 Å². The number of benzene rings is 1. The maximum Gasteiger partial charge on any atom is 0.310 e. The van der Waals surface area contributed by atoms with E-state index >= 15 is 0 Å². The Hall–Kier alpha value is -1.55. The number of carbonyl (C=O) groups is 1. The smallest absolute Gasteiger partial charge is 0.310 e. The first kappa shape index (κ1) is 14.9. The molecular weight excluding hydrogens is 254 g/mol. The van der Waals surface area contributed by atoms with Gasteiger partial charge in [0.2, 0.25) is 0 Å². The fourth-order valence-electron chi connectivity index (χ4n) is 2.73. The molecular formula is C16H23NO3. The van der Waals surface area contributed by atoms with Gasteiger partial charge in [-0.1, -0.05) is 12.1 Å². The number of aliphatic carboxylic acids is 1. The normalized spacial score (nSPS) is 18.7. The van der Waals surface area contributed by atoms with Crippen molar-refractivity contribution in [2.45, 2.75) is 19.8 Å². The molecule has 1 aliphatic heterocycles. The number of carboxylic acids is 1. The second kappa shape index (κ2) is 6.75. The molecule has 2 rings (SSSR count). The topological polar surface area (TPSA) is 49.8 Å². The maximum absolute atomic E-state index is 11.5. The molecule has 1 aromatic carbocycles. The third-order valence-corrected chi connectivity index (χ3v) is 4.07. The Kier molecular flexibility index (Phi) is 5.01. The first-order chi connectivity index (χ1) is 9.56. The van der Waals surface area contributed by atoms with Crippen molar-refractivity contribution in [2.24, 2.45) is 11.8 Å². The molecule has 1 heterocycles. The monoisotopic (exact) mass is 277 g/mol. The largest absolute Gasteiger partial charge is 0.493 e. The van der Waals surface area contributed by atoms with E-state index in [-0.39, 0.29) is 12.5 Å². The van der Waals surface area contributed by atoms with Crippen LogP contribution in [0.1, 0.15) is 18.4 Å². The van der Waals surface area contributed by atoms with E-state index in [9.17, 15) is 9.90 Å². The molecule has 1 aliphatic rings. The Morgan fingerprint density at radius 2 is 2.15 bits per heavy atom. The molecule has 1 saturated heterocycles. The lowest BCUT2D eigenvalue weighted by Gasteiger charge is -2.32. The van der Waals surface area contributed by atoms with Crippen LogP contribution in [0, 0.1) is 18.8 Å². The van der Waals surface area contributed by atoms with Crippen LogP contribution in [0.25, 0.3) is 0 Å². The van der Waals surface area contributed by atoms with Crippen LogP contribution < -0.4 is 4.74 Å². The van der Waals surface area contributed by atoms with Gasteiger partial charge in [-0.3, -0.25) is 4.79 Å². The Balaban J connectivity index is 1.94. The minimum absolute atomic E-state index is 0.216. The minimum atomic E-state index is -0.743. The Morgan fingerprint density at radius 1 is 1.45 bits per heavy atom. The molecule has 1 N–H and O–H groups in total. The molecule has 0 radical (unpaired) electrons. The first-order valence-corrected chi connectivity index (χ1v) is 7.17. The molecule has 1 aromatic rings. The van der Waals surface area contributed by atoms with Crippen LogP contribution in [0.3, 0.4) is 0 Å². The molecule has 110 valence electrons. The zero-order valence-electron chi connectivity index (χ0n) is 12.2. The summed E-state index contributed by atoms with van der Waals surface area (Å²) in [6.07, 6.45) is 1.87. The lowest BCUT2D eigenvalue weighted by Crippen LogP contribution is -2.38. The predicted octanol–water partition coefficient (Wildman–Crippen LogP) is 2.42. The van der Waals surface area contributed by atoms with Gasteiger partial charge in [0.05, 0.1) is 5.92 Å². The van der Waals surface area contributed by atoms with E-state index in [0.717, 1.165) is 37.2 Å². The molecule has 0 spiro atoms. The molecule has 1 atom stereocenters.